The average molecular weight is 239 g/mol. The summed E-state index contributed by atoms with van der Waals surface area (Å²) in [6.07, 6.45) is 0.948. The normalized spacial score (nSPS) is 23.8. The van der Waals surface area contributed by atoms with Gasteiger partial charge in [-0.05, 0) is 69.3 Å². The topological polar surface area (TPSA) is 12.0 Å². The summed E-state index contributed by atoms with van der Waals surface area (Å²) in [5.74, 6) is -0.0171. The van der Waals surface area contributed by atoms with Crippen LogP contribution >= 0.6 is 0 Å². The van der Waals surface area contributed by atoms with E-state index in [4.69, 9.17) is 0 Å². The maximum atomic E-state index is 13.5. The molecule has 0 spiro atoms. The molecule has 1 aliphatic carbocycles. The Morgan fingerprint density at radius 1 is 1.29 bits per heavy atom. The Bertz CT molecular complexity index is 409. The second-order valence-corrected chi connectivity index (χ2v) is 5.90. The monoisotopic (exact) mass is 239 g/mol. The van der Waals surface area contributed by atoms with Gasteiger partial charge in [0, 0.05) is 5.54 Å². The van der Waals surface area contributed by atoms with E-state index in [0.29, 0.717) is 11.5 Å². The first-order valence-electron chi connectivity index (χ1n) is 6.07. The molecule has 0 saturated heterocycles. The van der Waals surface area contributed by atoms with Gasteiger partial charge in [0.15, 0.2) is 0 Å². The molecule has 1 fully saturated rings. The third kappa shape index (κ3) is 3.25. The molecule has 0 aliphatic heterocycles. The van der Waals surface area contributed by atoms with Crippen molar-refractivity contribution >= 4 is 0 Å². The Labute approximate surface area is 101 Å². The summed E-state index contributed by atoms with van der Waals surface area (Å²) in [5.41, 5.74) is 0.610. The number of hydrogen-bond donors (Lipinski definition) is 1. The van der Waals surface area contributed by atoms with Crippen molar-refractivity contribution in [3.63, 3.8) is 0 Å². The Morgan fingerprint density at radius 2 is 2.00 bits per heavy atom. The summed E-state index contributed by atoms with van der Waals surface area (Å²) in [6, 6.07) is 3.72. The third-order valence-corrected chi connectivity index (χ3v) is 3.17. The summed E-state index contributed by atoms with van der Waals surface area (Å²) in [4.78, 5) is 0. The van der Waals surface area contributed by atoms with Crippen LogP contribution < -0.4 is 5.32 Å². The van der Waals surface area contributed by atoms with E-state index in [0.717, 1.165) is 13.0 Å². The van der Waals surface area contributed by atoms with Crippen LogP contribution in [-0.4, -0.2) is 12.1 Å². The summed E-state index contributed by atoms with van der Waals surface area (Å²) in [5, 5.41) is 3.40. The molecule has 2 rings (SSSR count). The SMILES string of the molecule is CC(C)(C)NCC1CC1c1cc(F)ccc1F. The van der Waals surface area contributed by atoms with E-state index in [-0.39, 0.29) is 23.1 Å². The Hall–Kier alpha value is -0.960. The van der Waals surface area contributed by atoms with Crippen LogP contribution in [0.4, 0.5) is 8.78 Å². The van der Waals surface area contributed by atoms with Crippen molar-refractivity contribution < 1.29 is 8.78 Å². The van der Waals surface area contributed by atoms with Crippen LogP contribution in [0.3, 0.4) is 0 Å². The highest BCUT2D eigenvalue weighted by molar-refractivity contribution is 5.28. The van der Waals surface area contributed by atoms with Crippen LogP contribution in [0.15, 0.2) is 18.2 Å². The zero-order valence-electron chi connectivity index (χ0n) is 10.6. The maximum absolute atomic E-state index is 13.5. The molecule has 17 heavy (non-hydrogen) atoms. The van der Waals surface area contributed by atoms with Crippen LogP contribution in [0.5, 0.6) is 0 Å². The fourth-order valence-electron chi connectivity index (χ4n) is 2.09. The zero-order valence-corrected chi connectivity index (χ0v) is 10.6. The average Bonchev–Trinajstić information content (AvgIpc) is 2.97. The predicted octanol–water partition coefficient (Wildman–Crippen LogP) is 3.46. The van der Waals surface area contributed by atoms with Crippen molar-refractivity contribution in [2.24, 2.45) is 5.92 Å². The smallest absolute Gasteiger partial charge is 0.126 e. The number of benzene rings is 1. The lowest BCUT2D eigenvalue weighted by molar-refractivity contribution is 0.413. The van der Waals surface area contributed by atoms with Crippen molar-refractivity contribution in [3.05, 3.63) is 35.4 Å². The van der Waals surface area contributed by atoms with Crippen LogP contribution in [-0.2, 0) is 0 Å². The molecule has 1 N–H and O–H groups in total. The molecule has 0 aromatic heterocycles. The van der Waals surface area contributed by atoms with Crippen LogP contribution in [0.25, 0.3) is 0 Å². The molecule has 0 radical (unpaired) electrons. The summed E-state index contributed by atoms with van der Waals surface area (Å²) >= 11 is 0. The highest BCUT2D eigenvalue weighted by Gasteiger charge is 2.40. The maximum Gasteiger partial charge on any atom is 0.126 e. The zero-order chi connectivity index (χ0) is 12.6. The van der Waals surface area contributed by atoms with E-state index in [2.05, 4.69) is 26.1 Å². The standard InChI is InChI=1S/C14H19F2N/c1-14(2,3)17-8-9-6-11(9)12-7-10(15)4-5-13(12)16/h4-5,7,9,11,17H,6,8H2,1-3H3. The molecule has 0 heterocycles. The van der Waals surface area contributed by atoms with E-state index in [1.807, 2.05) is 0 Å². The first-order valence-corrected chi connectivity index (χ1v) is 6.07. The van der Waals surface area contributed by atoms with Crippen molar-refractivity contribution in [2.45, 2.75) is 38.6 Å². The van der Waals surface area contributed by atoms with E-state index in [9.17, 15) is 8.78 Å². The quantitative estimate of drug-likeness (QED) is 0.851. The van der Waals surface area contributed by atoms with Gasteiger partial charge in [-0.3, -0.25) is 0 Å². The van der Waals surface area contributed by atoms with Gasteiger partial charge in [-0.15, -0.1) is 0 Å². The molecule has 2 unspecified atom stereocenters. The Kier molecular flexibility index (Phi) is 3.21. The Balaban J connectivity index is 1.96. The molecule has 2 atom stereocenters. The van der Waals surface area contributed by atoms with Gasteiger partial charge >= 0.3 is 0 Å². The van der Waals surface area contributed by atoms with Crippen molar-refractivity contribution in [3.8, 4) is 0 Å². The van der Waals surface area contributed by atoms with E-state index in [1.165, 1.54) is 18.2 Å². The van der Waals surface area contributed by atoms with Crippen molar-refractivity contribution in [2.75, 3.05) is 6.54 Å². The van der Waals surface area contributed by atoms with Gasteiger partial charge in [0.2, 0.25) is 0 Å². The minimum atomic E-state index is -0.351. The molecule has 1 saturated carbocycles. The highest BCUT2D eigenvalue weighted by atomic mass is 19.1. The lowest BCUT2D eigenvalue weighted by atomic mass is 10.1. The van der Waals surface area contributed by atoms with Crippen LogP contribution in [0.2, 0.25) is 0 Å². The first kappa shape index (κ1) is 12.5. The van der Waals surface area contributed by atoms with Gasteiger partial charge in [0.25, 0.3) is 0 Å². The number of halogens is 2. The molecule has 94 valence electrons. The Morgan fingerprint density at radius 3 is 2.65 bits per heavy atom. The lowest BCUT2D eigenvalue weighted by Gasteiger charge is -2.20. The second kappa shape index (κ2) is 4.37. The van der Waals surface area contributed by atoms with E-state index >= 15 is 0 Å². The summed E-state index contributed by atoms with van der Waals surface area (Å²) in [7, 11) is 0. The fourth-order valence-corrected chi connectivity index (χ4v) is 2.09. The summed E-state index contributed by atoms with van der Waals surface area (Å²) in [6.45, 7) is 7.18. The minimum absolute atomic E-state index is 0.0770. The van der Waals surface area contributed by atoms with E-state index in [1.54, 1.807) is 0 Å². The highest BCUT2D eigenvalue weighted by Crippen LogP contribution is 2.48. The summed E-state index contributed by atoms with van der Waals surface area (Å²) < 4.78 is 26.6. The van der Waals surface area contributed by atoms with E-state index < -0.39 is 0 Å². The molecule has 1 nitrogen and oxygen atoms in total. The first-order chi connectivity index (χ1) is 7.87. The van der Waals surface area contributed by atoms with Gasteiger partial charge in [-0.2, -0.15) is 0 Å². The van der Waals surface area contributed by atoms with Gasteiger partial charge in [0.05, 0.1) is 0 Å². The van der Waals surface area contributed by atoms with Crippen LogP contribution in [0, 0.1) is 17.6 Å². The van der Waals surface area contributed by atoms with Crippen LogP contribution in [0.1, 0.15) is 38.7 Å². The molecule has 1 aliphatic rings. The van der Waals surface area contributed by atoms with Crippen molar-refractivity contribution in [1.29, 1.82) is 0 Å². The van der Waals surface area contributed by atoms with Crippen molar-refractivity contribution in [1.82, 2.24) is 5.32 Å². The molecule has 1 aromatic carbocycles. The molecule has 0 amide bonds. The fraction of sp³-hybridized carbons (Fsp3) is 0.571. The minimum Gasteiger partial charge on any atom is -0.312 e. The molecular formula is C14H19F2N. The lowest BCUT2D eigenvalue weighted by Crippen LogP contribution is -2.37. The molecule has 1 aromatic rings. The largest absolute Gasteiger partial charge is 0.312 e. The van der Waals surface area contributed by atoms with Gasteiger partial charge in [0.1, 0.15) is 11.6 Å². The number of hydrogen-bond acceptors (Lipinski definition) is 1. The predicted molar refractivity (Wildman–Crippen MR) is 65.0 cm³/mol. The number of nitrogens with one attached hydrogen (secondary N) is 1. The van der Waals surface area contributed by atoms with Gasteiger partial charge in [-0.25, -0.2) is 8.78 Å². The van der Waals surface area contributed by atoms with Gasteiger partial charge < -0.3 is 5.32 Å². The molecular weight excluding hydrogens is 220 g/mol. The molecule has 0 bridgehead atoms. The third-order valence-electron chi connectivity index (χ3n) is 3.17. The van der Waals surface area contributed by atoms with Gasteiger partial charge in [-0.1, -0.05) is 0 Å². The molecule has 3 heteroatoms. The number of rotatable bonds is 3. The second-order valence-electron chi connectivity index (χ2n) is 5.90.